The number of nitrogens with one attached hydrogen (secondary N) is 2. The molecule has 2 aromatic rings. The number of aromatic nitrogens is 3. The predicted octanol–water partition coefficient (Wildman–Crippen LogP) is 1.92. The lowest BCUT2D eigenvalue weighted by Gasteiger charge is -2.04. The van der Waals surface area contributed by atoms with E-state index in [0.29, 0.717) is 11.7 Å². The summed E-state index contributed by atoms with van der Waals surface area (Å²) in [6.07, 6.45) is 3.74. The van der Waals surface area contributed by atoms with Crippen LogP contribution >= 0.6 is 11.3 Å². The van der Waals surface area contributed by atoms with Crippen LogP contribution < -0.4 is 10.6 Å². The first kappa shape index (κ1) is 17.0. The lowest BCUT2D eigenvalue weighted by molar-refractivity contribution is -0.124. The molecule has 8 heteroatoms. The maximum atomic E-state index is 11.8. The van der Waals surface area contributed by atoms with Gasteiger partial charge >= 0.3 is 0 Å². The van der Waals surface area contributed by atoms with Crippen LogP contribution in [0.25, 0.3) is 0 Å². The third-order valence-electron chi connectivity index (χ3n) is 2.95. The Balaban J connectivity index is 1.68. The predicted molar refractivity (Wildman–Crippen MR) is 87.9 cm³/mol. The van der Waals surface area contributed by atoms with Gasteiger partial charge in [-0.05, 0) is 18.6 Å². The van der Waals surface area contributed by atoms with Crippen LogP contribution in [0.3, 0.4) is 0 Å². The minimum absolute atomic E-state index is 0.108. The van der Waals surface area contributed by atoms with E-state index in [-0.39, 0.29) is 24.7 Å². The summed E-state index contributed by atoms with van der Waals surface area (Å²) in [5.41, 5.74) is 0.780. The molecule has 0 atom stereocenters. The van der Waals surface area contributed by atoms with Gasteiger partial charge in [-0.3, -0.25) is 14.6 Å². The largest absolute Gasteiger partial charge is 0.350 e. The van der Waals surface area contributed by atoms with Crippen LogP contribution in [0.15, 0.2) is 24.4 Å². The first-order chi connectivity index (χ1) is 11.2. The molecule has 2 heterocycles. The number of nitrogens with zero attached hydrogens (tertiary/aromatic N) is 3. The van der Waals surface area contributed by atoms with Crippen LogP contribution in [-0.2, 0) is 22.6 Å². The number of amides is 2. The van der Waals surface area contributed by atoms with Crippen molar-refractivity contribution in [3.8, 4) is 0 Å². The summed E-state index contributed by atoms with van der Waals surface area (Å²) in [5, 5.41) is 14.7. The quantitative estimate of drug-likeness (QED) is 0.769. The Hall–Kier alpha value is -2.35. The molecule has 0 radical (unpaired) electrons. The minimum atomic E-state index is -0.239. The molecule has 0 saturated carbocycles. The Morgan fingerprint density at radius 3 is 2.74 bits per heavy atom. The fourth-order valence-corrected chi connectivity index (χ4v) is 2.67. The number of pyridine rings is 1. The third-order valence-corrected chi connectivity index (χ3v) is 3.85. The number of hydrogen-bond donors (Lipinski definition) is 2. The van der Waals surface area contributed by atoms with Crippen LogP contribution in [0, 0.1) is 0 Å². The molecule has 2 amide bonds. The lowest BCUT2D eigenvalue weighted by atomic mass is 10.2. The first-order valence-corrected chi connectivity index (χ1v) is 8.28. The van der Waals surface area contributed by atoms with Crippen LogP contribution in [0.4, 0.5) is 5.13 Å². The van der Waals surface area contributed by atoms with E-state index in [4.69, 9.17) is 0 Å². The van der Waals surface area contributed by atoms with Gasteiger partial charge in [-0.2, -0.15) is 0 Å². The zero-order chi connectivity index (χ0) is 16.5. The van der Waals surface area contributed by atoms with Gasteiger partial charge in [0.25, 0.3) is 0 Å². The van der Waals surface area contributed by atoms with Crippen molar-refractivity contribution in [1.82, 2.24) is 20.5 Å². The molecule has 0 unspecified atom stereocenters. The summed E-state index contributed by atoms with van der Waals surface area (Å²) in [7, 11) is 0. The number of anilines is 1. The Morgan fingerprint density at radius 1 is 1.17 bits per heavy atom. The number of carbonyl (C=O) groups excluding carboxylic acids is 2. The average molecular weight is 333 g/mol. The van der Waals surface area contributed by atoms with Crippen molar-refractivity contribution >= 4 is 28.3 Å². The van der Waals surface area contributed by atoms with Gasteiger partial charge in [-0.1, -0.05) is 24.3 Å². The normalized spacial score (nSPS) is 10.3. The molecule has 2 rings (SSSR count). The van der Waals surface area contributed by atoms with Gasteiger partial charge in [0.2, 0.25) is 16.9 Å². The Bertz CT molecular complexity index is 644. The molecule has 0 aliphatic rings. The molecule has 23 heavy (non-hydrogen) atoms. The van der Waals surface area contributed by atoms with E-state index in [1.54, 1.807) is 6.20 Å². The van der Waals surface area contributed by atoms with Crippen molar-refractivity contribution in [1.29, 1.82) is 0 Å². The van der Waals surface area contributed by atoms with E-state index in [1.165, 1.54) is 11.3 Å². The van der Waals surface area contributed by atoms with E-state index >= 15 is 0 Å². The van der Waals surface area contributed by atoms with Crippen molar-refractivity contribution in [2.24, 2.45) is 0 Å². The van der Waals surface area contributed by atoms with Gasteiger partial charge < -0.3 is 10.6 Å². The van der Waals surface area contributed by atoms with E-state index in [9.17, 15) is 9.59 Å². The summed E-state index contributed by atoms with van der Waals surface area (Å²) < 4.78 is 0. The molecule has 2 aromatic heterocycles. The highest BCUT2D eigenvalue weighted by atomic mass is 32.1. The second-order valence-corrected chi connectivity index (χ2v) is 5.96. The van der Waals surface area contributed by atoms with Gasteiger partial charge in [0.05, 0.1) is 12.2 Å². The molecule has 122 valence electrons. The lowest BCUT2D eigenvalue weighted by Crippen LogP contribution is -2.24. The van der Waals surface area contributed by atoms with E-state index in [2.05, 4.69) is 32.7 Å². The van der Waals surface area contributed by atoms with Gasteiger partial charge in [0, 0.05) is 25.5 Å². The zero-order valence-electron chi connectivity index (χ0n) is 12.9. The molecule has 0 aliphatic heterocycles. The number of aryl methyl sites for hydroxylation is 1. The molecule has 0 aliphatic carbocycles. The summed E-state index contributed by atoms with van der Waals surface area (Å²) in [4.78, 5) is 27.6. The van der Waals surface area contributed by atoms with Crippen molar-refractivity contribution in [3.63, 3.8) is 0 Å². The SMILES string of the molecule is CCCc1nnc(NC(=O)CCC(=O)NCc2ccccn2)s1. The third kappa shape index (κ3) is 6.11. The maximum Gasteiger partial charge on any atom is 0.226 e. The highest BCUT2D eigenvalue weighted by Crippen LogP contribution is 2.16. The topological polar surface area (TPSA) is 96.9 Å². The summed E-state index contributed by atoms with van der Waals surface area (Å²) in [6, 6.07) is 5.50. The fraction of sp³-hybridized carbons (Fsp3) is 0.400. The monoisotopic (exact) mass is 333 g/mol. The van der Waals surface area contributed by atoms with Gasteiger partial charge in [-0.25, -0.2) is 0 Å². The molecule has 0 saturated heterocycles. The highest BCUT2D eigenvalue weighted by molar-refractivity contribution is 7.15. The van der Waals surface area contributed by atoms with Crippen molar-refractivity contribution in [3.05, 3.63) is 35.1 Å². The molecular formula is C15H19N5O2S. The summed E-state index contributed by atoms with van der Waals surface area (Å²) in [5.74, 6) is -0.424. The maximum absolute atomic E-state index is 11.8. The van der Waals surface area contributed by atoms with Crippen molar-refractivity contribution in [2.45, 2.75) is 39.2 Å². The Kier molecular flexibility index (Phi) is 6.61. The van der Waals surface area contributed by atoms with Gasteiger partial charge in [0.1, 0.15) is 5.01 Å². The highest BCUT2D eigenvalue weighted by Gasteiger charge is 2.10. The minimum Gasteiger partial charge on any atom is -0.350 e. The van der Waals surface area contributed by atoms with Gasteiger partial charge in [0.15, 0.2) is 0 Å². The molecule has 0 bridgehead atoms. The second-order valence-electron chi connectivity index (χ2n) is 4.90. The number of carbonyl (C=O) groups is 2. The first-order valence-electron chi connectivity index (χ1n) is 7.46. The Labute approximate surface area is 138 Å². The Morgan fingerprint density at radius 2 is 2.00 bits per heavy atom. The fourth-order valence-electron chi connectivity index (χ4n) is 1.81. The van der Waals surface area contributed by atoms with Crippen LogP contribution in [0.5, 0.6) is 0 Å². The van der Waals surface area contributed by atoms with Gasteiger partial charge in [-0.15, -0.1) is 10.2 Å². The average Bonchev–Trinajstić information content (AvgIpc) is 2.99. The zero-order valence-corrected chi connectivity index (χ0v) is 13.7. The van der Waals surface area contributed by atoms with E-state index in [1.807, 2.05) is 18.2 Å². The standard InChI is InChI=1S/C15H19N5O2S/c1-2-5-14-19-20-15(23-14)18-13(22)8-7-12(21)17-10-11-6-3-4-9-16-11/h3-4,6,9H,2,5,7-8,10H2,1H3,(H,17,21)(H,18,20,22). The molecule has 0 fully saturated rings. The van der Waals surface area contributed by atoms with E-state index < -0.39 is 0 Å². The molecule has 7 nitrogen and oxygen atoms in total. The molecule has 0 spiro atoms. The molecule has 2 N–H and O–H groups in total. The van der Waals surface area contributed by atoms with Crippen LogP contribution in [0.2, 0.25) is 0 Å². The van der Waals surface area contributed by atoms with E-state index in [0.717, 1.165) is 23.5 Å². The van der Waals surface area contributed by atoms with Crippen LogP contribution in [0.1, 0.15) is 36.9 Å². The smallest absolute Gasteiger partial charge is 0.226 e. The summed E-state index contributed by atoms with van der Waals surface area (Å²) >= 11 is 1.36. The number of rotatable bonds is 8. The molecule has 0 aromatic carbocycles. The van der Waals surface area contributed by atoms with Crippen LogP contribution in [-0.4, -0.2) is 27.0 Å². The van der Waals surface area contributed by atoms with Crippen molar-refractivity contribution < 1.29 is 9.59 Å². The molecular weight excluding hydrogens is 314 g/mol. The summed E-state index contributed by atoms with van der Waals surface area (Å²) in [6.45, 7) is 2.42. The number of hydrogen-bond acceptors (Lipinski definition) is 6. The van der Waals surface area contributed by atoms with Crippen molar-refractivity contribution in [2.75, 3.05) is 5.32 Å². The second kappa shape index (κ2) is 8.94.